The first-order chi connectivity index (χ1) is 8.59. The zero-order valence-electron chi connectivity index (χ0n) is 10.0. The van der Waals surface area contributed by atoms with Crippen LogP contribution in [0, 0.1) is 18.6 Å². The van der Waals surface area contributed by atoms with Crippen LogP contribution in [-0.2, 0) is 0 Å². The molecule has 1 aromatic heterocycles. The molecule has 0 unspecified atom stereocenters. The van der Waals surface area contributed by atoms with Crippen molar-refractivity contribution in [1.82, 2.24) is 14.9 Å². The van der Waals surface area contributed by atoms with Gasteiger partial charge in [-0.25, -0.2) is 0 Å². The van der Waals surface area contributed by atoms with E-state index in [9.17, 15) is 4.79 Å². The first-order valence-corrected chi connectivity index (χ1v) is 5.79. The van der Waals surface area contributed by atoms with Crippen LogP contribution < -0.4 is 5.56 Å². The molecule has 0 aliphatic heterocycles. The van der Waals surface area contributed by atoms with Gasteiger partial charge in [-0.2, -0.15) is 14.9 Å². The van der Waals surface area contributed by atoms with Crippen LogP contribution >= 0.6 is 12.2 Å². The second-order valence-corrected chi connectivity index (χ2v) is 4.22. The van der Waals surface area contributed by atoms with E-state index in [0.29, 0.717) is 5.69 Å². The Balaban J connectivity index is 2.48. The minimum Gasteiger partial charge on any atom is -0.265 e. The van der Waals surface area contributed by atoms with Crippen molar-refractivity contribution in [1.29, 1.82) is 0 Å². The first-order valence-electron chi connectivity index (χ1n) is 5.38. The lowest BCUT2D eigenvalue weighted by molar-refractivity contribution is 0.720. The summed E-state index contributed by atoms with van der Waals surface area (Å²) >= 11 is 4.98. The predicted octanol–water partition coefficient (Wildman–Crippen LogP) is 1.80. The summed E-state index contributed by atoms with van der Waals surface area (Å²) in [5.41, 5.74) is 2.03. The third-order valence-electron chi connectivity index (χ3n) is 2.51. The number of benzene rings is 1. The molecular formula is C12H12N4OS. The largest absolute Gasteiger partial charge is 0.296 e. The first kappa shape index (κ1) is 12.4. The van der Waals surface area contributed by atoms with Crippen LogP contribution in [0.5, 0.6) is 0 Å². The maximum atomic E-state index is 11.8. The molecule has 2 rings (SSSR count). The van der Waals surface area contributed by atoms with Crippen LogP contribution in [0.2, 0.25) is 0 Å². The normalized spacial score (nSPS) is 11.0. The molecule has 5 nitrogen and oxygen atoms in total. The Bertz CT molecular complexity index is 715. The molecule has 0 aliphatic carbocycles. The lowest BCUT2D eigenvalue weighted by Crippen LogP contribution is -2.22. The van der Waals surface area contributed by atoms with Gasteiger partial charge in [0.25, 0.3) is 5.56 Å². The zero-order chi connectivity index (χ0) is 13.1. The third-order valence-corrected chi connectivity index (χ3v) is 2.78. The second-order valence-electron chi connectivity index (χ2n) is 3.83. The lowest BCUT2D eigenvalue weighted by atomic mass is 10.1. The number of hydrogen-bond donors (Lipinski definition) is 1. The zero-order valence-corrected chi connectivity index (χ0v) is 10.9. The van der Waals surface area contributed by atoms with Gasteiger partial charge in [0, 0.05) is 0 Å². The van der Waals surface area contributed by atoms with Gasteiger partial charge in [-0.1, -0.05) is 24.3 Å². The van der Waals surface area contributed by atoms with Crippen molar-refractivity contribution < 1.29 is 0 Å². The van der Waals surface area contributed by atoms with Gasteiger partial charge in [0.2, 0.25) is 4.77 Å². The van der Waals surface area contributed by atoms with Crippen molar-refractivity contribution >= 4 is 18.4 Å². The number of nitrogens with zero attached hydrogens (tertiary/aromatic N) is 3. The molecule has 0 saturated heterocycles. The van der Waals surface area contributed by atoms with Crippen molar-refractivity contribution in [2.24, 2.45) is 5.10 Å². The summed E-state index contributed by atoms with van der Waals surface area (Å²) in [5, 5.41) is 10.4. The molecule has 0 bridgehead atoms. The van der Waals surface area contributed by atoms with Gasteiger partial charge in [0.05, 0.1) is 6.21 Å². The van der Waals surface area contributed by atoms with Crippen molar-refractivity contribution in [3.05, 3.63) is 56.2 Å². The average molecular weight is 260 g/mol. The van der Waals surface area contributed by atoms with Crippen molar-refractivity contribution in [2.75, 3.05) is 0 Å². The van der Waals surface area contributed by atoms with E-state index >= 15 is 0 Å². The Morgan fingerprint density at radius 3 is 2.83 bits per heavy atom. The number of H-pyrrole nitrogens is 1. The van der Waals surface area contributed by atoms with E-state index in [-0.39, 0.29) is 10.3 Å². The van der Waals surface area contributed by atoms with Gasteiger partial charge in [0.15, 0.2) is 0 Å². The maximum Gasteiger partial charge on any atom is 0.296 e. The Labute approximate surface area is 109 Å². The standard InChI is InChI=1S/C12H12N4OS/c1-8-5-3-4-6-10(8)7-13-16-11(17)9(2)14-15-12(16)18/h3-7H,1-2H3,(H,15,18)/b13-7+. The number of rotatable bonds is 2. The molecule has 0 spiro atoms. The number of nitrogens with one attached hydrogen (secondary N) is 1. The van der Waals surface area contributed by atoms with Gasteiger partial charge in [-0.3, -0.25) is 9.89 Å². The van der Waals surface area contributed by atoms with E-state index < -0.39 is 0 Å². The number of aromatic nitrogens is 3. The average Bonchev–Trinajstić information content (AvgIpc) is 2.36. The Morgan fingerprint density at radius 2 is 2.11 bits per heavy atom. The highest BCUT2D eigenvalue weighted by molar-refractivity contribution is 7.71. The molecule has 1 heterocycles. The molecule has 92 valence electrons. The van der Waals surface area contributed by atoms with E-state index in [1.807, 2.05) is 31.2 Å². The molecule has 1 N–H and O–H groups in total. The Kier molecular flexibility index (Phi) is 3.47. The van der Waals surface area contributed by atoms with Gasteiger partial charge < -0.3 is 0 Å². The summed E-state index contributed by atoms with van der Waals surface area (Å²) in [4.78, 5) is 11.8. The second kappa shape index (κ2) is 5.05. The fourth-order valence-electron chi connectivity index (χ4n) is 1.43. The molecule has 1 aromatic carbocycles. The van der Waals surface area contributed by atoms with Crippen molar-refractivity contribution in [3.8, 4) is 0 Å². The highest BCUT2D eigenvalue weighted by atomic mass is 32.1. The van der Waals surface area contributed by atoms with E-state index in [4.69, 9.17) is 12.2 Å². The third kappa shape index (κ3) is 2.43. The predicted molar refractivity (Wildman–Crippen MR) is 72.6 cm³/mol. The molecule has 0 aliphatic rings. The van der Waals surface area contributed by atoms with Crippen molar-refractivity contribution in [2.45, 2.75) is 13.8 Å². The summed E-state index contributed by atoms with van der Waals surface area (Å²) in [7, 11) is 0. The van der Waals surface area contributed by atoms with Crippen LogP contribution in [0.15, 0.2) is 34.2 Å². The van der Waals surface area contributed by atoms with Crippen LogP contribution in [0.1, 0.15) is 16.8 Å². The summed E-state index contributed by atoms with van der Waals surface area (Å²) in [6.07, 6.45) is 1.61. The lowest BCUT2D eigenvalue weighted by Gasteiger charge is -2.00. The van der Waals surface area contributed by atoms with Crippen LogP contribution in [0.3, 0.4) is 0 Å². The van der Waals surface area contributed by atoms with Crippen LogP contribution in [0.25, 0.3) is 0 Å². The number of aryl methyl sites for hydroxylation is 2. The molecule has 0 amide bonds. The number of aromatic amines is 1. The maximum absolute atomic E-state index is 11.8. The van der Waals surface area contributed by atoms with E-state index in [2.05, 4.69) is 15.3 Å². The molecule has 2 aromatic rings. The summed E-state index contributed by atoms with van der Waals surface area (Å²) in [6.45, 7) is 3.58. The summed E-state index contributed by atoms with van der Waals surface area (Å²) in [5.74, 6) is 0. The van der Waals surface area contributed by atoms with Crippen LogP contribution in [-0.4, -0.2) is 21.1 Å². The van der Waals surface area contributed by atoms with Gasteiger partial charge >= 0.3 is 0 Å². The SMILES string of the molecule is Cc1ccccc1/C=N/n1c(=S)[nH]nc(C)c1=O. The summed E-state index contributed by atoms with van der Waals surface area (Å²) in [6, 6.07) is 7.75. The van der Waals surface area contributed by atoms with Gasteiger partial charge in [-0.05, 0) is 37.2 Å². The topological polar surface area (TPSA) is 63.0 Å². The molecule has 0 saturated carbocycles. The quantitative estimate of drug-likeness (QED) is 0.661. The molecule has 0 fully saturated rings. The van der Waals surface area contributed by atoms with E-state index in [1.165, 1.54) is 0 Å². The fraction of sp³-hybridized carbons (Fsp3) is 0.167. The van der Waals surface area contributed by atoms with Gasteiger partial charge in [-0.15, -0.1) is 0 Å². The highest BCUT2D eigenvalue weighted by Gasteiger charge is 2.01. The number of hydrogen-bond acceptors (Lipinski definition) is 4. The molecule has 0 radical (unpaired) electrons. The fourth-order valence-corrected chi connectivity index (χ4v) is 1.60. The monoisotopic (exact) mass is 260 g/mol. The van der Waals surface area contributed by atoms with Crippen molar-refractivity contribution in [3.63, 3.8) is 0 Å². The van der Waals surface area contributed by atoms with Crippen LogP contribution in [0.4, 0.5) is 0 Å². The highest BCUT2D eigenvalue weighted by Crippen LogP contribution is 2.03. The Morgan fingerprint density at radius 1 is 1.39 bits per heavy atom. The van der Waals surface area contributed by atoms with Gasteiger partial charge in [0.1, 0.15) is 5.69 Å². The smallest absolute Gasteiger partial charge is 0.265 e. The van der Waals surface area contributed by atoms with E-state index in [0.717, 1.165) is 15.8 Å². The van der Waals surface area contributed by atoms with E-state index in [1.54, 1.807) is 13.1 Å². The minimum atomic E-state index is -0.316. The Hall–Kier alpha value is -2.08. The minimum absolute atomic E-state index is 0.176. The molecule has 0 atom stereocenters. The molecule has 6 heteroatoms. The molecular weight excluding hydrogens is 248 g/mol. The summed E-state index contributed by atoms with van der Waals surface area (Å²) < 4.78 is 1.31. The molecule has 18 heavy (non-hydrogen) atoms.